The van der Waals surface area contributed by atoms with E-state index >= 15 is 0 Å². The van der Waals surface area contributed by atoms with Crippen molar-refractivity contribution in [3.05, 3.63) is 65.2 Å². The summed E-state index contributed by atoms with van der Waals surface area (Å²) >= 11 is 1.57. The Hall–Kier alpha value is -3.52. The van der Waals surface area contributed by atoms with Crippen molar-refractivity contribution in [3.8, 4) is 10.6 Å². The fourth-order valence-corrected chi connectivity index (χ4v) is 3.87. The summed E-state index contributed by atoms with van der Waals surface area (Å²) in [7, 11) is 1.58. The van der Waals surface area contributed by atoms with Crippen LogP contribution in [0.25, 0.3) is 21.6 Å². The van der Waals surface area contributed by atoms with Crippen molar-refractivity contribution in [1.29, 1.82) is 0 Å². The second kappa shape index (κ2) is 8.08. The maximum atomic E-state index is 13.2. The van der Waals surface area contributed by atoms with Crippen LogP contribution in [-0.2, 0) is 0 Å². The van der Waals surface area contributed by atoms with Gasteiger partial charge in [0, 0.05) is 24.3 Å². The molecule has 30 heavy (non-hydrogen) atoms. The van der Waals surface area contributed by atoms with Crippen molar-refractivity contribution in [1.82, 2.24) is 20.1 Å². The van der Waals surface area contributed by atoms with E-state index in [4.69, 9.17) is 4.98 Å². The van der Waals surface area contributed by atoms with Gasteiger partial charge in [-0.25, -0.2) is 9.67 Å². The van der Waals surface area contributed by atoms with Gasteiger partial charge in [-0.3, -0.25) is 9.59 Å². The van der Waals surface area contributed by atoms with E-state index in [1.807, 2.05) is 36.0 Å². The Morgan fingerprint density at radius 2 is 1.87 bits per heavy atom. The van der Waals surface area contributed by atoms with Gasteiger partial charge < -0.3 is 10.6 Å². The molecule has 3 heterocycles. The second-order valence-corrected chi connectivity index (χ2v) is 8.01. The average Bonchev–Trinajstić information content (AvgIpc) is 3.42. The van der Waals surface area contributed by atoms with E-state index in [-0.39, 0.29) is 17.9 Å². The molecule has 0 bridgehead atoms. The van der Waals surface area contributed by atoms with E-state index in [1.54, 1.807) is 54.9 Å². The number of pyridine rings is 1. The number of benzene rings is 1. The topological polar surface area (TPSA) is 88.9 Å². The molecule has 0 aliphatic carbocycles. The molecule has 0 fully saturated rings. The van der Waals surface area contributed by atoms with Crippen molar-refractivity contribution >= 4 is 39.9 Å². The quantitative estimate of drug-likeness (QED) is 0.503. The number of carbonyl (C=O) groups is 2. The molecule has 0 saturated heterocycles. The van der Waals surface area contributed by atoms with Gasteiger partial charge in [-0.1, -0.05) is 6.07 Å². The van der Waals surface area contributed by atoms with Crippen LogP contribution in [0.1, 0.15) is 40.6 Å². The van der Waals surface area contributed by atoms with Crippen LogP contribution in [0, 0.1) is 0 Å². The van der Waals surface area contributed by atoms with E-state index in [0.717, 1.165) is 10.6 Å². The van der Waals surface area contributed by atoms with Gasteiger partial charge in [-0.2, -0.15) is 5.10 Å². The lowest BCUT2D eigenvalue weighted by atomic mass is 10.1. The van der Waals surface area contributed by atoms with E-state index in [2.05, 4.69) is 15.7 Å². The first kappa shape index (κ1) is 19.8. The molecule has 152 valence electrons. The van der Waals surface area contributed by atoms with Gasteiger partial charge in [-0.15, -0.1) is 11.3 Å². The van der Waals surface area contributed by atoms with E-state index in [1.165, 1.54) is 0 Å². The lowest BCUT2D eigenvalue weighted by molar-refractivity contribution is 0.0962. The van der Waals surface area contributed by atoms with Gasteiger partial charge in [-0.05, 0) is 55.6 Å². The van der Waals surface area contributed by atoms with Crippen LogP contribution in [-0.4, -0.2) is 33.6 Å². The molecule has 4 rings (SSSR count). The molecule has 2 amide bonds. The zero-order valence-electron chi connectivity index (χ0n) is 16.8. The van der Waals surface area contributed by atoms with Crippen molar-refractivity contribution < 1.29 is 9.59 Å². The Labute approximate surface area is 177 Å². The van der Waals surface area contributed by atoms with Crippen molar-refractivity contribution in [2.45, 2.75) is 19.9 Å². The minimum absolute atomic E-state index is 0.113. The summed E-state index contributed by atoms with van der Waals surface area (Å²) in [5, 5.41) is 12.6. The normalized spacial score (nSPS) is 11.1. The van der Waals surface area contributed by atoms with Crippen LogP contribution in [0.4, 0.5) is 5.69 Å². The van der Waals surface area contributed by atoms with Crippen molar-refractivity contribution in [3.63, 3.8) is 0 Å². The Balaban J connectivity index is 1.73. The summed E-state index contributed by atoms with van der Waals surface area (Å²) < 4.78 is 1.82. The number of hydrogen-bond donors (Lipinski definition) is 2. The predicted octanol–water partition coefficient (Wildman–Crippen LogP) is 4.35. The molecular formula is C22H21N5O2S. The molecule has 2 N–H and O–H groups in total. The van der Waals surface area contributed by atoms with Crippen LogP contribution in [0.3, 0.4) is 0 Å². The first-order valence-electron chi connectivity index (χ1n) is 9.53. The Morgan fingerprint density at radius 1 is 1.10 bits per heavy atom. The van der Waals surface area contributed by atoms with E-state index in [9.17, 15) is 9.59 Å². The van der Waals surface area contributed by atoms with Crippen LogP contribution in [0.2, 0.25) is 0 Å². The third kappa shape index (κ3) is 3.69. The van der Waals surface area contributed by atoms with Gasteiger partial charge in [0.05, 0.1) is 27.7 Å². The monoisotopic (exact) mass is 419 g/mol. The zero-order chi connectivity index (χ0) is 21.3. The molecule has 4 aromatic rings. The average molecular weight is 420 g/mol. The standard InChI is InChI=1S/C22H21N5O2S/c1-13(2)27-20-17(12-24-27)16(11-18(26-20)19-5-4-10-30-19)22(29)25-15-8-6-14(7-9-15)21(28)23-3/h4-13H,1-3H3,(H,23,28)(H,25,29). The molecule has 0 aliphatic heterocycles. The Kier molecular flexibility index (Phi) is 5.33. The number of hydrogen-bond acceptors (Lipinski definition) is 5. The summed E-state index contributed by atoms with van der Waals surface area (Å²) in [6.45, 7) is 4.05. The molecule has 8 heteroatoms. The number of nitrogens with one attached hydrogen (secondary N) is 2. The highest BCUT2D eigenvalue weighted by Crippen LogP contribution is 2.29. The lowest BCUT2D eigenvalue weighted by Gasteiger charge is -2.11. The summed E-state index contributed by atoms with van der Waals surface area (Å²) in [6.07, 6.45) is 1.68. The Bertz CT molecular complexity index is 1210. The Morgan fingerprint density at radius 3 is 2.50 bits per heavy atom. The predicted molar refractivity (Wildman–Crippen MR) is 119 cm³/mol. The first-order valence-corrected chi connectivity index (χ1v) is 10.4. The molecule has 0 radical (unpaired) electrons. The third-order valence-electron chi connectivity index (χ3n) is 4.71. The van der Waals surface area contributed by atoms with Crippen molar-refractivity contribution in [2.75, 3.05) is 12.4 Å². The number of aromatic nitrogens is 3. The van der Waals surface area contributed by atoms with E-state index in [0.29, 0.717) is 27.8 Å². The largest absolute Gasteiger partial charge is 0.355 e. The molecule has 1 aromatic carbocycles. The number of rotatable bonds is 5. The van der Waals surface area contributed by atoms with Gasteiger partial charge in [0.2, 0.25) is 0 Å². The lowest BCUT2D eigenvalue weighted by Crippen LogP contribution is -2.18. The second-order valence-electron chi connectivity index (χ2n) is 7.06. The first-order chi connectivity index (χ1) is 14.5. The number of thiophene rings is 1. The number of anilines is 1. The highest BCUT2D eigenvalue weighted by atomic mass is 32.1. The number of amides is 2. The highest BCUT2D eigenvalue weighted by molar-refractivity contribution is 7.13. The SMILES string of the molecule is CNC(=O)c1ccc(NC(=O)c2cc(-c3cccs3)nc3c2cnn3C(C)C)cc1. The van der Waals surface area contributed by atoms with Crippen LogP contribution in [0.15, 0.2) is 54.0 Å². The number of fused-ring (bicyclic) bond motifs is 1. The van der Waals surface area contributed by atoms with Gasteiger partial charge in [0.25, 0.3) is 11.8 Å². The minimum Gasteiger partial charge on any atom is -0.355 e. The summed E-state index contributed by atoms with van der Waals surface area (Å²) in [6, 6.07) is 12.6. The van der Waals surface area contributed by atoms with Crippen LogP contribution in [0.5, 0.6) is 0 Å². The zero-order valence-corrected chi connectivity index (χ0v) is 17.7. The molecule has 0 saturated carbocycles. The molecule has 0 unspecified atom stereocenters. The van der Waals surface area contributed by atoms with Gasteiger partial charge >= 0.3 is 0 Å². The molecule has 0 aliphatic rings. The molecular weight excluding hydrogens is 398 g/mol. The van der Waals surface area contributed by atoms with Crippen molar-refractivity contribution in [2.24, 2.45) is 0 Å². The molecule has 0 spiro atoms. The van der Waals surface area contributed by atoms with Gasteiger partial charge in [0.15, 0.2) is 5.65 Å². The molecule has 3 aromatic heterocycles. The summed E-state index contributed by atoms with van der Waals surface area (Å²) in [4.78, 5) is 30.6. The fourth-order valence-electron chi connectivity index (χ4n) is 3.18. The fraction of sp³-hybridized carbons (Fsp3) is 0.182. The maximum Gasteiger partial charge on any atom is 0.256 e. The molecule has 0 atom stereocenters. The highest BCUT2D eigenvalue weighted by Gasteiger charge is 2.19. The molecule has 7 nitrogen and oxygen atoms in total. The van der Waals surface area contributed by atoms with E-state index < -0.39 is 0 Å². The smallest absolute Gasteiger partial charge is 0.256 e. The summed E-state index contributed by atoms with van der Waals surface area (Å²) in [5.41, 5.74) is 3.05. The van der Waals surface area contributed by atoms with Gasteiger partial charge in [0.1, 0.15) is 0 Å². The minimum atomic E-state index is -0.254. The third-order valence-corrected chi connectivity index (χ3v) is 5.60. The van der Waals surface area contributed by atoms with Crippen LogP contribution < -0.4 is 10.6 Å². The number of carbonyl (C=O) groups excluding carboxylic acids is 2. The number of nitrogens with zero attached hydrogens (tertiary/aromatic N) is 3. The maximum absolute atomic E-state index is 13.2. The van der Waals surface area contributed by atoms with Crippen LogP contribution >= 0.6 is 11.3 Å². The summed E-state index contributed by atoms with van der Waals surface area (Å²) in [5.74, 6) is -0.429.